The molecule has 2 aromatic rings. The molecule has 0 aromatic heterocycles. The number of rotatable bonds is 4. The molecular formula is C21H17BrO. The highest BCUT2D eigenvalue weighted by Gasteiger charge is 2.43. The van der Waals surface area contributed by atoms with Crippen molar-refractivity contribution in [1.82, 2.24) is 0 Å². The normalized spacial score (nSPS) is 22.5. The van der Waals surface area contributed by atoms with Crippen LogP contribution in [-0.2, 0) is 0 Å². The number of hydrogen-bond donors (Lipinski definition) is 0. The van der Waals surface area contributed by atoms with Gasteiger partial charge >= 0.3 is 0 Å². The van der Waals surface area contributed by atoms with E-state index in [0.717, 1.165) is 16.5 Å². The van der Waals surface area contributed by atoms with Crippen molar-refractivity contribution in [3.05, 3.63) is 94.0 Å². The molecular weight excluding hydrogens is 348 g/mol. The van der Waals surface area contributed by atoms with Crippen LogP contribution in [0.25, 0.3) is 0 Å². The van der Waals surface area contributed by atoms with Crippen LogP contribution in [0.3, 0.4) is 0 Å². The van der Waals surface area contributed by atoms with E-state index in [4.69, 9.17) is 0 Å². The van der Waals surface area contributed by atoms with Gasteiger partial charge in [0, 0.05) is 21.9 Å². The van der Waals surface area contributed by atoms with E-state index >= 15 is 0 Å². The number of ketones is 1. The summed E-state index contributed by atoms with van der Waals surface area (Å²) in [5, 5.41) is 0. The van der Waals surface area contributed by atoms with E-state index in [-0.39, 0.29) is 11.7 Å². The van der Waals surface area contributed by atoms with E-state index in [0.29, 0.717) is 11.8 Å². The van der Waals surface area contributed by atoms with Gasteiger partial charge in [0.2, 0.25) is 0 Å². The molecule has 0 saturated heterocycles. The van der Waals surface area contributed by atoms with Crippen LogP contribution in [0.1, 0.15) is 39.7 Å². The summed E-state index contributed by atoms with van der Waals surface area (Å²) in [7, 11) is 0. The van der Waals surface area contributed by atoms with Crippen LogP contribution in [-0.4, -0.2) is 5.78 Å². The maximum absolute atomic E-state index is 12.7. The van der Waals surface area contributed by atoms with Gasteiger partial charge in [0.1, 0.15) is 0 Å². The minimum atomic E-state index is 0.147. The second-order valence-electron chi connectivity index (χ2n) is 6.28. The Balaban J connectivity index is 1.46. The van der Waals surface area contributed by atoms with Gasteiger partial charge in [-0.25, -0.2) is 0 Å². The van der Waals surface area contributed by atoms with Crippen molar-refractivity contribution in [2.45, 2.75) is 18.3 Å². The summed E-state index contributed by atoms with van der Waals surface area (Å²) in [5.74, 6) is 1.17. The molecule has 0 bridgehead atoms. The highest BCUT2D eigenvalue weighted by Crippen LogP contribution is 2.49. The smallest absolute Gasteiger partial charge is 0.166 e. The summed E-state index contributed by atoms with van der Waals surface area (Å²) in [5.41, 5.74) is 3.35. The topological polar surface area (TPSA) is 17.1 Å². The monoisotopic (exact) mass is 364 g/mol. The molecule has 2 atom stereocenters. The summed E-state index contributed by atoms with van der Waals surface area (Å²) in [6, 6.07) is 16.4. The SMILES string of the molecule is O=C(c1ccc(C2C=CC=C2)cc1)[C@@H]1C[C@H]1c1ccc(Br)cc1. The van der Waals surface area contributed by atoms with Gasteiger partial charge in [-0.2, -0.15) is 0 Å². The fourth-order valence-electron chi connectivity index (χ4n) is 3.30. The fourth-order valence-corrected chi connectivity index (χ4v) is 3.57. The van der Waals surface area contributed by atoms with Gasteiger partial charge in [-0.15, -0.1) is 0 Å². The van der Waals surface area contributed by atoms with Crippen molar-refractivity contribution >= 4 is 21.7 Å². The first-order valence-corrected chi connectivity index (χ1v) is 8.76. The van der Waals surface area contributed by atoms with Gasteiger partial charge in [0.15, 0.2) is 5.78 Å². The lowest BCUT2D eigenvalue weighted by Gasteiger charge is -2.07. The Morgan fingerprint density at radius 3 is 2.13 bits per heavy atom. The predicted molar refractivity (Wildman–Crippen MR) is 96.8 cm³/mol. The van der Waals surface area contributed by atoms with E-state index in [1.54, 1.807) is 0 Å². The summed E-state index contributed by atoms with van der Waals surface area (Å²) in [6.07, 6.45) is 9.44. The van der Waals surface area contributed by atoms with Crippen LogP contribution in [0, 0.1) is 5.92 Å². The van der Waals surface area contributed by atoms with Gasteiger partial charge in [-0.3, -0.25) is 4.79 Å². The largest absolute Gasteiger partial charge is 0.294 e. The standard InChI is InChI=1S/C21H17BrO/c22-18-11-9-16(10-12-18)19-13-20(19)21(23)17-7-5-15(6-8-17)14-3-1-2-4-14/h1-12,14,19-20H,13H2/t19-,20+/m0/s1. The maximum atomic E-state index is 12.7. The lowest BCUT2D eigenvalue weighted by molar-refractivity contribution is 0.0965. The first-order chi connectivity index (χ1) is 11.2. The number of halogens is 1. The molecule has 23 heavy (non-hydrogen) atoms. The first-order valence-electron chi connectivity index (χ1n) is 7.97. The quantitative estimate of drug-likeness (QED) is 0.641. The number of Topliss-reactive ketones (excluding diaryl/α,β-unsaturated/α-hetero) is 1. The molecule has 0 aliphatic heterocycles. The molecule has 0 heterocycles. The minimum Gasteiger partial charge on any atom is -0.294 e. The van der Waals surface area contributed by atoms with Crippen LogP contribution in [0.5, 0.6) is 0 Å². The summed E-state index contributed by atoms with van der Waals surface area (Å²) in [4.78, 5) is 12.7. The van der Waals surface area contributed by atoms with Crippen LogP contribution in [0.2, 0.25) is 0 Å². The molecule has 0 radical (unpaired) electrons. The van der Waals surface area contributed by atoms with Crippen molar-refractivity contribution in [3.8, 4) is 0 Å². The molecule has 0 amide bonds. The summed E-state index contributed by atoms with van der Waals surface area (Å²) in [6.45, 7) is 0. The van der Waals surface area contributed by atoms with Crippen molar-refractivity contribution < 1.29 is 4.79 Å². The summed E-state index contributed by atoms with van der Waals surface area (Å²) < 4.78 is 1.08. The predicted octanol–water partition coefficient (Wildman–Crippen LogP) is 5.65. The van der Waals surface area contributed by atoms with E-state index in [9.17, 15) is 4.79 Å². The molecule has 1 saturated carbocycles. The van der Waals surface area contributed by atoms with Crippen LogP contribution < -0.4 is 0 Å². The van der Waals surface area contributed by atoms with Gasteiger partial charge < -0.3 is 0 Å². The number of carbonyl (C=O) groups excluding carboxylic acids is 1. The first kappa shape index (κ1) is 14.6. The molecule has 0 spiro atoms. The zero-order valence-corrected chi connectivity index (χ0v) is 14.2. The third-order valence-electron chi connectivity index (χ3n) is 4.75. The maximum Gasteiger partial charge on any atom is 0.166 e. The highest BCUT2D eigenvalue weighted by atomic mass is 79.9. The summed E-state index contributed by atoms with van der Waals surface area (Å²) >= 11 is 3.45. The average molecular weight is 365 g/mol. The minimum absolute atomic E-state index is 0.147. The molecule has 1 nitrogen and oxygen atoms in total. The molecule has 1 fully saturated rings. The molecule has 4 rings (SSSR count). The van der Waals surface area contributed by atoms with Crippen molar-refractivity contribution in [2.75, 3.05) is 0 Å². The third kappa shape index (κ3) is 2.96. The van der Waals surface area contributed by atoms with E-state index in [1.807, 2.05) is 24.3 Å². The Morgan fingerprint density at radius 1 is 0.870 bits per heavy atom. The molecule has 0 N–H and O–H groups in total. The highest BCUT2D eigenvalue weighted by molar-refractivity contribution is 9.10. The zero-order chi connectivity index (χ0) is 15.8. The van der Waals surface area contributed by atoms with Gasteiger partial charge in [0.05, 0.1) is 0 Å². The fraction of sp³-hybridized carbons (Fsp3) is 0.190. The zero-order valence-electron chi connectivity index (χ0n) is 12.7. The molecule has 2 aliphatic rings. The van der Waals surface area contributed by atoms with Gasteiger partial charge in [-0.1, -0.05) is 76.6 Å². The lowest BCUT2D eigenvalue weighted by atomic mass is 9.97. The van der Waals surface area contributed by atoms with Crippen LogP contribution in [0.15, 0.2) is 77.3 Å². The van der Waals surface area contributed by atoms with Crippen molar-refractivity contribution in [2.24, 2.45) is 5.92 Å². The van der Waals surface area contributed by atoms with Crippen LogP contribution in [0.4, 0.5) is 0 Å². The van der Waals surface area contributed by atoms with E-state index in [1.165, 1.54) is 11.1 Å². The third-order valence-corrected chi connectivity index (χ3v) is 5.28. The molecule has 2 heteroatoms. The van der Waals surface area contributed by atoms with Crippen molar-refractivity contribution in [1.29, 1.82) is 0 Å². The molecule has 2 aromatic carbocycles. The van der Waals surface area contributed by atoms with Crippen molar-refractivity contribution in [3.63, 3.8) is 0 Å². The number of allylic oxidation sites excluding steroid dienone is 4. The molecule has 2 aliphatic carbocycles. The Morgan fingerprint density at radius 2 is 1.48 bits per heavy atom. The van der Waals surface area contributed by atoms with Gasteiger partial charge in [-0.05, 0) is 35.6 Å². The Bertz CT molecular complexity index is 772. The second kappa shape index (κ2) is 5.93. The van der Waals surface area contributed by atoms with Gasteiger partial charge in [0.25, 0.3) is 0 Å². The molecule has 114 valence electrons. The average Bonchev–Trinajstić information content (AvgIpc) is 3.19. The second-order valence-corrected chi connectivity index (χ2v) is 7.20. The van der Waals surface area contributed by atoms with E-state index < -0.39 is 0 Å². The number of hydrogen-bond acceptors (Lipinski definition) is 1. The number of benzene rings is 2. The van der Waals surface area contributed by atoms with E-state index in [2.05, 4.69) is 64.5 Å². The Labute approximate surface area is 144 Å². The number of carbonyl (C=O) groups is 1. The van der Waals surface area contributed by atoms with Crippen LogP contribution >= 0.6 is 15.9 Å². The lowest BCUT2D eigenvalue weighted by Crippen LogP contribution is -2.03. The Hall–Kier alpha value is -1.93. The molecule has 0 unspecified atom stereocenters. The Kier molecular flexibility index (Phi) is 3.78.